The Balaban J connectivity index is 1.15. The number of pyridine rings is 1. The summed E-state index contributed by atoms with van der Waals surface area (Å²) in [6.45, 7) is 2.16. The van der Waals surface area contributed by atoms with Crippen LogP contribution in [0, 0.1) is 5.92 Å². The van der Waals surface area contributed by atoms with E-state index in [2.05, 4.69) is 10.3 Å². The van der Waals surface area contributed by atoms with E-state index in [1.165, 1.54) is 11.3 Å². The van der Waals surface area contributed by atoms with E-state index < -0.39 is 0 Å². The summed E-state index contributed by atoms with van der Waals surface area (Å²) in [5, 5.41) is 5.03. The monoisotopic (exact) mass is 489 g/mol. The Bertz CT molecular complexity index is 1080. The second-order valence-corrected chi connectivity index (χ2v) is 10.1. The fourth-order valence-corrected chi connectivity index (χ4v) is 5.42. The van der Waals surface area contributed by atoms with Crippen molar-refractivity contribution in [1.82, 2.24) is 15.2 Å². The van der Waals surface area contributed by atoms with E-state index in [0.29, 0.717) is 28.1 Å². The van der Waals surface area contributed by atoms with Crippen molar-refractivity contribution in [2.45, 2.75) is 32.1 Å². The molecule has 1 aliphatic heterocycles. The van der Waals surface area contributed by atoms with Gasteiger partial charge in [0.05, 0.1) is 20.2 Å². The van der Waals surface area contributed by atoms with Crippen LogP contribution < -0.4 is 5.32 Å². The third kappa shape index (κ3) is 5.61. The Hall–Kier alpha value is -2.15. The first-order valence-corrected chi connectivity index (χ1v) is 12.4. The van der Waals surface area contributed by atoms with Gasteiger partial charge in [-0.15, -0.1) is 11.3 Å². The first kappa shape index (κ1) is 23.0. The molecule has 1 aromatic carbocycles. The summed E-state index contributed by atoms with van der Waals surface area (Å²) >= 11 is 13.7. The molecule has 5 nitrogen and oxygen atoms in total. The maximum atomic E-state index is 12.8. The lowest BCUT2D eigenvalue weighted by atomic mass is 9.91. The van der Waals surface area contributed by atoms with E-state index in [-0.39, 0.29) is 11.8 Å². The van der Waals surface area contributed by atoms with Gasteiger partial charge in [-0.25, -0.2) is 0 Å². The number of halogens is 2. The smallest absolute Gasteiger partial charge is 0.261 e. The van der Waals surface area contributed by atoms with Crippen molar-refractivity contribution in [3.63, 3.8) is 0 Å². The van der Waals surface area contributed by atoms with E-state index in [1.807, 2.05) is 17.0 Å². The molecule has 1 N–H and O–H groups in total. The summed E-state index contributed by atoms with van der Waals surface area (Å²) in [6.07, 6.45) is 8.65. The molecule has 168 valence electrons. The molecular formula is C24H25Cl2N3O2S. The number of benzene rings is 1. The van der Waals surface area contributed by atoms with Crippen LogP contribution in [0.2, 0.25) is 10.0 Å². The third-order valence-electron chi connectivity index (χ3n) is 5.93. The number of piperidine rings is 1. The molecule has 4 rings (SSSR count). The number of rotatable bonds is 7. The number of carbonyl (C=O) groups is 2. The predicted octanol–water partition coefficient (Wildman–Crippen LogP) is 6.06. The fourth-order valence-electron chi connectivity index (χ4n) is 4.10. The Morgan fingerprint density at radius 1 is 1.12 bits per heavy atom. The number of aromatic nitrogens is 1. The average molecular weight is 490 g/mol. The quantitative estimate of drug-likeness (QED) is 0.410. The molecule has 0 aliphatic carbocycles. The summed E-state index contributed by atoms with van der Waals surface area (Å²) < 4.78 is 1.03. The van der Waals surface area contributed by atoms with Crippen LogP contribution in [0.3, 0.4) is 0 Å². The molecule has 3 aromatic rings. The van der Waals surface area contributed by atoms with Crippen LogP contribution >= 0.6 is 34.5 Å². The second-order valence-electron chi connectivity index (χ2n) is 8.14. The first-order chi connectivity index (χ1) is 15.5. The Morgan fingerprint density at radius 2 is 1.94 bits per heavy atom. The average Bonchev–Trinajstić information content (AvgIpc) is 3.25. The van der Waals surface area contributed by atoms with Crippen LogP contribution in [-0.4, -0.2) is 41.3 Å². The fraction of sp³-hybridized carbons (Fsp3) is 0.375. The van der Waals surface area contributed by atoms with Crippen molar-refractivity contribution in [3.05, 3.63) is 63.2 Å². The Kier molecular flexibility index (Phi) is 7.66. The number of amides is 2. The lowest BCUT2D eigenvalue weighted by molar-refractivity contribution is 0.0686. The largest absolute Gasteiger partial charge is 0.351 e. The van der Waals surface area contributed by atoms with E-state index in [0.717, 1.165) is 60.2 Å². The minimum absolute atomic E-state index is 0.0160. The van der Waals surface area contributed by atoms with Gasteiger partial charge in [-0.3, -0.25) is 14.6 Å². The van der Waals surface area contributed by atoms with E-state index in [9.17, 15) is 9.59 Å². The van der Waals surface area contributed by atoms with Gasteiger partial charge in [0, 0.05) is 37.1 Å². The summed E-state index contributed by atoms with van der Waals surface area (Å²) in [5.41, 5.74) is 0.475. The number of nitrogens with one attached hydrogen (secondary N) is 1. The zero-order chi connectivity index (χ0) is 22.5. The van der Waals surface area contributed by atoms with Crippen LogP contribution in [0.4, 0.5) is 0 Å². The zero-order valence-electron chi connectivity index (χ0n) is 17.7. The van der Waals surface area contributed by atoms with Crippen LogP contribution in [0.1, 0.15) is 52.1 Å². The van der Waals surface area contributed by atoms with Crippen LogP contribution in [0.15, 0.2) is 42.7 Å². The Labute approximate surface area is 201 Å². The highest BCUT2D eigenvalue weighted by Crippen LogP contribution is 2.27. The lowest BCUT2D eigenvalue weighted by Gasteiger charge is -2.32. The van der Waals surface area contributed by atoms with E-state index >= 15 is 0 Å². The molecular weight excluding hydrogens is 465 g/mol. The molecule has 32 heavy (non-hydrogen) atoms. The highest BCUT2D eigenvalue weighted by molar-refractivity contribution is 7.20. The van der Waals surface area contributed by atoms with Crippen molar-refractivity contribution in [3.8, 4) is 0 Å². The number of unbranched alkanes of at least 4 members (excludes halogenated alkanes) is 1. The molecule has 0 unspecified atom stereocenters. The minimum Gasteiger partial charge on any atom is -0.351 e. The molecule has 1 fully saturated rings. The molecule has 3 heterocycles. The van der Waals surface area contributed by atoms with Gasteiger partial charge in [0.1, 0.15) is 0 Å². The van der Waals surface area contributed by atoms with Gasteiger partial charge in [-0.05, 0) is 60.9 Å². The molecule has 2 aromatic heterocycles. The number of hydrogen-bond acceptors (Lipinski definition) is 4. The van der Waals surface area contributed by atoms with E-state index in [1.54, 1.807) is 30.6 Å². The van der Waals surface area contributed by atoms with Crippen molar-refractivity contribution in [1.29, 1.82) is 0 Å². The molecule has 1 saturated heterocycles. The first-order valence-electron chi connectivity index (χ1n) is 10.9. The van der Waals surface area contributed by atoms with Crippen LogP contribution in [-0.2, 0) is 0 Å². The molecule has 8 heteroatoms. The summed E-state index contributed by atoms with van der Waals surface area (Å²) in [6, 6.07) is 8.84. The van der Waals surface area contributed by atoms with Crippen LogP contribution in [0.5, 0.6) is 0 Å². The lowest BCUT2D eigenvalue weighted by Crippen LogP contribution is -2.38. The van der Waals surface area contributed by atoms with Crippen molar-refractivity contribution in [2.24, 2.45) is 5.92 Å². The van der Waals surface area contributed by atoms with Gasteiger partial charge in [0.25, 0.3) is 11.8 Å². The molecule has 0 radical (unpaired) electrons. The van der Waals surface area contributed by atoms with E-state index in [4.69, 9.17) is 23.2 Å². The molecule has 0 atom stereocenters. The maximum absolute atomic E-state index is 12.8. The SMILES string of the molecule is O=C(NCCCCC1CCN(C(=O)c2cc(Cl)ccc2Cl)CC1)c1cc2ccncc2s1. The van der Waals surface area contributed by atoms with Gasteiger partial charge in [0.15, 0.2) is 0 Å². The summed E-state index contributed by atoms with van der Waals surface area (Å²) in [5.74, 6) is 0.549. The third-order valence-corrected chi connectivity index (χ3v) is 7.58. The topological polar surface area (TPSA) is 62.3 Å². The number of fused-ring (bicyclic) bond motifs is 1. The second kappa shape index (κ2) is 10.6. The van der Waals surface area contributed by atoms with Crippen molar-refractivity contribution in [2.75, 3.05) is 19.6 Å². The maximum Gasteiger partial charge on any atom is 0.261 e. The van der Waals surface area contributed by atoms with Gasteiger partial charge >= 0.3 is 0 Å². The number of carbonyl (C=O) groups excluding carboxylic acids is 2. The van der Waals surface area contributed by atoms with Crippen LogP contribution in [0.25, 0.3) is 10.1 Å². The predicted molar refractivity (Wildman–Crippen MR) is 131 cm³/mol. The van der Waals surface area contributed by atoms with Gasteiger partial charge in [-0.1, -0.05) is 36.0 Å². The molecule has 0 spiro atoms. The number of nitrogens with zero attached hydrogens (tertiary/aromatic N) is 2. The molecule has 2 amide bonds. The Morgan fingerprint density at radius 3 is 2.72 bits per heavy atom. The van der Waals surface area contributed by atoms with Crippen molar-refractivity contribution >= 4 is 56.4 Å². The van der Waals surface area contributed by atoms with Crippen molar-refractivity contribution < 1.29 is 9.59 Å². The number of hydrogen-bond donors (Lipinski definition) is 1. The molecule has 0 bridgehead atoms. The number of likely N-dealkylation sites (tertiary alicyclic amines) is 1. The van der Waals surface area contributed by atoms with Gasteiger partial charge < -0.3 is 10.2 Å². The number of thiophene rings is 1. The standard InChI is InChI=1S/C24H25Cl2N3O2S/c25-18-4-5-20(26)19(14-18)24(31)29-11-7-16(8-12-29)3-1-2-9-28-23(30)21-13-17-6-10-27-15-22(17)32-21/h4-6,10,13-16H,1-3,7-9,11-12H2,(H,28,30). The normalized spacial score (nSPS) is 14.6. The summed E-state index contributed by atoms with van der Waals surface area (Å²) in [4.78, 5) is 31.8. The molecule has 0 saturated carbocycles. The zero-order valence-corrected chi connectivity index (χ0v) is 20.0. The minimum atomic E-state index is -0.0457. The van der Waals surface area contributed by atoms with Gasteiger partial charge in [0.2, 0.25) is 0 Å². The highest BCUT2D eigenvalue weighted by atomic mass is 35.5. The highest BCUT2D eigenvalue weighted by Gasteiger charge is 2.24. The summed E-state index contributed by atoms with van der Waals surface area (Å²) in [7, 11) is 0. The molecule has 1 aliphatic rings. The van der Waals surface area contributed by atoms with Gasteiger partial charge in [-0.2, -0.15) is 0 Å².